The summed E-state index contributed by atoms with van der Waals surface area (Å²) in [5.74, 6) is -0.359. The molecule has 0 aliphatic carbocycles. The molecule has 7 nitrogen and oxygen atoms in total. The minimum atomic E-state index is -3.60. The first-order valence-corrected chi connectivity index (χ1v) is 11.8. The summed E-state index contributed by atoms with van der Waals surface area (Å²) >= 11 is 0. The lowest BCUT2D eigenvalue weighted by Crippen LogP contribution is -2.32. The molecule has 2 aromatic carbocycles. The molecule has 2 aromatic rings. The van der Waals surface area contributed by atoms with Crippen molar-refractivity contribution in [2.24, 2.45) is 0 Å². The van der Waals surface area contributed by atoms with Gasteiger partial charge in [0, 0.05) is 36.8 Å². The molecule has 168 valence electrons. The summed E-state index contributed by atoms with van der Waals surface area (Å²) < 4.78 is 27.2. The largest absolute Gasteiger partial charge is 0.348 e. The molecule has 31 heavy (non-hydrogen) atoms. The zero-order valence-electron chi connectivity index (χ0n) is 18.7. The van der Waals surface area contributed by atoms with Gasteiger partial charge in [0.2, 0.25) is 10.0 Å². The van der Waals surface area contributed by atoms with Crippen molar-refractivity contribution in [1.29, 1.82) is 0 Å². The van der Waals surface area contributed by atoms with Gasteiger partial charge in [0.05, 0.1) is 4.90 Å². The van der Waals surface area contributed by atoms with Crippen LogP contribution in [0, 0.1) is 0 Å². The lowest BCUT2D eigenvalue weighted by Gasteiger charge is -2.21. The second kappa shape index (κ2) is 10.5. The maximum Gasteiger partial charge on any atom is 0.253 e. The van der Waals surface area contributed by atoms with Crippen molar-refractivity contribution in [3.05, 3.63) is 65.2 Å². The molecule has 2 rings (SSSR count). The third-order valence-electron chi connectivity index (χ3n) is 5.14. The number of amides is 2. The fourth-order valence-corrected chi connectivity index (χ4v) is 4.02. The van der Waals surface area contributed by atoms with Gasteiger partial charge in [-0.15, -0.1) is 0 Å². The molecule has 0 fully saturated rings. The summed E-state index contributed by atoms with van der Waals surface area (Å²) in [4.78, 5) is 26.5. The summed E-state index contributed by atoms with van der Waals surface area (Å²) in [7, 11) is -1.84. The van der Waals surface area contributed by atoms with Crippen molar-refractivity contribution in [3.8, 4) is 0 Å². The number of benzene rings is 2. The average molecular weight is 446 g/mol. The number of nitrogens with one attached hydrogen (secondary N) is 2. The Bertz CT molecular complexity index is 1000. The Hall–Kier alpha value is -2.71. The molecule has 0 saturated carbocycles. The smallest absolute Gasteiger partial charge is 0.253 e. The fraction of sp³-hybridized carbons (Fsp3) is 0.391. The first kappa shape index (κ1) is 24.6. The summed E-state index contributed by atoms with van der Waals surface area (Å²) in [6.45, 7) is 7.89. The minimum Gasteiger partial charge on any atom is -0.348 e. The van der Waals surface area contributed by atoms with Gasteiger partial charge in [-0.25, -0.2) is 13.1 Å². The van der Waals surface area contributed by atoms with E-state index >= 15 is 0 Å². The Morgan fingerprint density at radius 3 is 2.00 bits per heavy atom. The quantitative estimate of drug-likeness (QED) is 0.620. The summed E-state index contributed by atoms with van der Waals surface area (Å²) in [6, 6.07) is 12.9. The summed E-state index contributed by atoms with van der Waals surface area (Å²) in [6.07, 6.45) is 0.684. The predicted octanol–water partition coefficient (Wildman–Crippen LogP) is 3.17. The first-order chi connectivity index (χ1) is 14.5. The topological polar surface area (TPSA) is 95.6 Å². The van der Waals surface area contributed by atoms with Crippen LogP contribution in [0.15, 0.2) is 53.4 Å². The van der Waals surface area contributed by atoms with E-state index in [0.29, 0.717) is 24.1 Å². The Balaban J connectivity index is 1.98. The lowest BCUT2D eigenvalue weighted by atomic mass is 10.1. The molecule has 2 N–H and O–H groups in total. The van der Waals surface area contributed by atoms with Gasteiger partial charge in [-0.1, -0.05) is 19.1 Å². The fourth-order valence-electron chi connectivity index (χ4n) is 2.69. The molecule has 2 amide bonds. The van der Waals surface area contributed by atoms with Crippen LogP contribution in [0.2, 0.25) is 0 Å². The predicted molar refractivity (Wildman–Crippen MR) is 121 cm³/mol. The van der Waals surface area contributed by atoms with E-state index in [1.807, 2.05) is 20.8 Å². The molecule has 0 spiro atoms. The highest BCUT2D eigenvalue weighted by atomic mass is 32.2. The van der Waals surface area contributed by atoms with E-state index in [9.17, 15) is 18.0 Å². The molecule has 0 heterocycles. The van der Waals surface area contributed by atoms with Gasteiger partial charge in [0.15, 0.2) is 0 Å². The van der Waals surface area contributed by atoms with Gasteiger partial charge in [0.1, 0.15) is 0 Å². The van der Waals surface area contributed by atoms with Gasteiger partial charge >= 0.3 is 0 Å². The highest BCUT2D eigenvalue weighted by molar-refractivity contribution is 7.89. The molecule has 0 bridgehead atoms. The molecule has 0 saturated heterocycles. The molecule has 0 aromatic heterocycles. The molecule has 0 aliphatic rings. The highest BCUT2D eigenvalue weighted by Crippen LogP contribution is 2.13. The zero-order valence-corrected chi connectivity index (χ0v) is 19.5. The third kappa shape index (κ3) is 6.63. The molecule has 8 heteroatoms. The molecule has 0 radical (unpaired) electrons. The van der Waals surface area contributed by atoms with Crippen LogP contribution in [0.1, 0.15) is 60.4 Å². The van der Waals surface area contributed by atoms with Gasteiger partial charge in [0.25, 0.3) is 11.8 Å². The van der Waals surface area contributed by atoms with Crippen molar-refractivity contribution in [1.82, 2.24) is 14.9 Å². The van der Waals surface area contributed by atoms with Crippen LogP contribution in [-0.4, -0.2) is 44.3 Å². The van der Waals surface area contributed by atoms with E-state index < -0.39 is 10.0 Å². The molecule has 0 aliphatic heterocycles. The number of hydrogen-bond donors (Lipinski definition) is 2. The molecule has 1 atom stereocenters. The monoisotopic (exact) mass is 445 g/mol. The number of rotatable bonds is 9. The van der Waals surface area contributed by atoms with Crippen LogP contribution < -0.4 is 10.0 Å². The van der Waals surface area contributed by atoms with Crippen LogP contribution in [-0.2, 0) is 16.6 Å². The van der Waals surface area contributed by atoms with Crippen LogP contribution in [0.4, 0.5) is 0 Å². The van der Waals surface area contributed by atoms with Crippen LogP contribution >= 0.6 is 0 Å². The summed E-state index contributed by atoms with van der Waals surface area (Å²) in [5, 5.41) is 2.81. The van der Waals surface area contributed by atoms with E-state index in [1.54, 1.807) is 43.1 Å². The second-order valence-electron chi connectivity index (χ2n) is 7.84. The van der Waals surface area contributed by atoms with E-state index in [4.69, 9.17) is 0 Å². The Morgan fingerprint density at radius 1 is 0.935 bits per heavy atom. The summed E-state index contributed by atoms with van der Waals surface area (Å²) in [5.41, 5.74) is 1.82. The standard InChI is InChI=1S/C23H31N3O4S/c1-6-17(4)25-31(29,30)21-13-11-19(12-14-21)22(27)24-15-18-7-9-20(10-8-18)23(28)26(5)16(2)3/h7-14,16-17,25H,6,15H2,1-5H3,(H,24,27). The molecule has 1 unspecified atom stereocenters. The van der Waals surface area contributed by atoms with Gasteiger partial charge in [-0.05, 0) is 69.2 Å². The lowest BCUT2D eigenvalue weighted by molar-refractivity contribution is 0.0754. The maximum absolute atomic E-state index is 12.4. The Morgan fingerprint density at radius 2 is 1.48 bits per heavy atom. The third-order valence-corrected chi connectivity index (χ3v) is 6.75. The number of carbonyl (C=O) groups is 2. The second-order valence-corrected chi connectivity index (χ2v) is 9.56. The Kier molecular flexibility index (Phi) is 8.36. The van der Waals surface area contributed by atoms with Gasteiger partial charge in [-0.2, -0.15) is 0 Å². The van der Waals surface area contributed by atoms with E-state index in [0.717, 1.165) is 5.56 Å². The van der Waals surface area contributed by atoms with E-state index in [-0.39, 0.29) is 28.8 Å². The van der Waals surface area contributed by atoms with Crippen molar-refractivity contribution >= 4 is 21.8 Å². The molecular weight excluding hydrogens is 414 g/mol. The first-order valence-electron chi connectivity index (χ1n) is 10.3. The van der Waals surface area contributed by atoms with Crippen molar-refractivity contribution in [2.75, 3.05) is 7.05 Å². The van der Waals surface area contributed by atoms with Crippen LogP contribution in [0.3, 0.4) is 0 Å². The zero-order chi connectivity index (χ0) is 23.2. The van der Waals surface area contributed by atoms with Crippen LogP contribution in [0.25, 0.3) is 0 Å². The SMILES string of the molecule is CCC(C)NS(=O)(=O)c1ccc(C(=O)NCc2ccc(C(=O)N(C)C(C)C)cc2)cc1. The van der Waals surface area contributed by atoms with Gasteiger partial charge in [-0.3, -0.25) is 9.59 Å². The Labute approximate surface area is 184 Å². The highest BCUT2D eigenvalue weighted by Gasteiger charge is 2.17. The number of sulfonamides is 1. The van der Waals surface area contributed by atoms with Gasteiger partial charge < -0.3 is 10.2 Å². The number of hydrogen-bond acceptors (Lipinski definition) is 4. The maximum atomic E-state index is 12.4. The number of nitrogens with zero attached hydrogens (tertiary/aromatic N) is 1. The van der Waals surface area contributed by atoms with E-state index in [1.165, 1.54) is 24.3 Å². The average Bonchev–Trinajstić information content (AvgIpc) is 2.76. The number of carbonyl (C=O) groups excluding carboxylic acids is 2. The minimum absolute atomic E-state index is 0.0524. The van der Waals surface area contributed by atoms with E-state index in [2.05, 4.69) is 10.0 Å². The van der Waals surface area contributed by atoms with Crippen LogP contribution in [0.5, 0.6) is 0 Å². The van der Waals surface area contributed by atoms with Crippen molar-refractivity contribution in [2.45, 2.75) is 57.6 Å². The molecular formula is C23H31N3O4S. The van der Waals surface area contributed by atoms with Crippen molar-refractivity contribution < 1.29 is 18.0 Å². The normalized spacial score (nSPS) is 12.5. The van der Waals surface area contributed by atoms with Crippen molar-refractivity contribution in [3.63, 3.8) is 0 Å².